The molecule has 2 aromatic carbocycles. The van der Waals surface area contributed by atoms with Crippen molar-refractivity contribution in [1.82, 2.24) is 9.47 Å². The van der Waals surface area contributed by atoms with Crippen molar-refractivity contribution in [1.29, 1.82) is 0 Å². The molecule has 1 aromatic heterocycles. The highest BCUT2D eigenvalue weighted by molar-refractivity contribution is 5.99. The van der Waals surface area contributed by atoms with Gasteiger partial charge in [-0.25, -0.2) is 0 Å². The molecule has 0 atom stereocenters. The Morgan fingerprint density at radius 1 is 1.04 bits per heavy atom. The van der Waals surface area contributed by atoms with Crippen LogP contribution in [0.2, 0.25) is 0 Å². The van der Waals surface area contributed by atoms with E-state index in [-0.39, 0.29) is 23.7 Å². The number of aryl methyl sites for hydroxylation is 1. The first-order valence-electron chi connectivity index (χ1n) is 8.76. The molecule has 28 heavy (non-hydrogen) atoms. The first-order valence-corrected chi connectivity index (χ1v) is 8.76. The monoisotopic (exact) mass is 375 g/mol. The Bertz CT molecular complexity index is 1170. The fraction of sp³-hybridized carbons (Fsp3) is 0.143. The van der Waals surface area contributed by atoms with E-state index < -0.39 is 4.92 Å². The van der Waals surface area contributed by atoms with Crippen LogP contribution in [-0.2, 0) is 20.1 Å². The maximum Gasteiger partial charge on any atom is 0.275 e. The number of rotatable bonds is 4. The van der Waals surface area contributed by atoms with Gasteiger partial charge in [0.05, 0.1) is 22.6 Å². The third-order valence-electron chi connectivity index (χ3n) is 4.95. The van der Waals surface area contributed by atoms with Gasteiger partial charge < -0.3 is 9.47 Å². The van der Waals surface area contributed by atoms with Crippen LogP contribution in [-0.4, -0.2) is 20.3 Å². The Morgan fingerprint density at radius 3 is 2.57 bits per heavy atom. The number of nitrogens with zero attached hydrogens (tertiary/aromatic N) is 3. The van der Waals surface area contributed by atoms with Crippen molar-refractivity contribution in [2.45, 2.75) is 13.1 Å². The molecule has 7 nitrogen and oxygen atoms in total. The Balaban J connectivity index is 1.64. The number of benzene rings is 2. The number of hydrogen-bond donors (Lipinski definition) is 0. The van der Waals surface area contributed by atoms with E-state index >= 15 is 0 Å². The van der Waals surface area contributed by atoms with Crippen molar-refractivity contribution in [2.24, 2.45) is 7.05 Å². The summed E-state index contributed by atoms with van der Waals surface area (Å²) in [5.74, 6) is -0.222. The number of carbonyl (C=O) groups excluding carboxylic acids is 1. The topological polar surface area (TPSA) is 85.4 Å². The molecule has 140 valence electrons. The smallest absolute Gasteiger partial charge is 0.275 e. The minimum Gasteiger partial charge on any atom is -0.330 e. The second kappa shape index (κ2) is 6.77. The summed E-state index contributed by atoms with van der Waals surface area (Å²) in [6.45, 7) is 0.508. The van der Waals surface area contributed by atoms with Gasteiger partial charge in [-0.3, -0.25) is 19.7 Å². The number of nitro groups is 1. The van der Waals surface area contributed by atoms with E-state index in [2.05, 4.69) is 0 Å². The molecule has 0 fully saturated rings. The molecule has 1 aliphatic rings. The zero-order valence-corrected chi connectivity index (χ0v) is 15.2. The number of hydrogen-bond acceptors (Lipinski definition) is 4. The van der Waals surface area contributed by atoms with Gasteiger partial charge in [-0.2, -0.15) is 0 Å². The molecular formula is C21H17N3O4. The Morgan fingerprint density at radius 2 is 1.79 bits per heavy atom. The van der Waals surface area contributed by atoms with E-state index in [1.807, 2.05) is 30.3 Å². The summed E-state index contributed by atoms with van der Waals surface area (Å²) >= 11 is 0. The van der Waals surface area contributed by atoms with Crippen LogP contribution < -0.4 is 5.56 Å². The van der Waals surface area contributed by atoms with Crippen LogP contribution in [0.25, 0.3) is 11.1 Å². The summed E-state index contributed by atoms with van der Waals surface area (Å²) in [4.78, 5) is 37.4. The largest absolute Gasteiger partial charge is 0.330 e. The van der Waals surface area contributed by atoms with Crippen molar-refractivity contribution in [3.8, 4) is 11.1 Å². The van der Waals surface area contributed by atoms with Crippen molar-refractivity contribution >= 4 is 11.6 Å². The van der Waals surface area contributed by atoms with E-state index in [0.717, 1.165) is 11.1 Å². The molecular weight excluding hydrogens is 358 g/mol. The molecule has 0 saturated carbocycles. The van der Waals surface area contributed by atoms with Crippen LogP contribution >= 0.6 is 0 Å². The number of aromatic nitrogens is 1. The fourth-order valence-electron chi connectivity index (χ4n) is 3.55. The van der Waals surface area contributed by atoms with Crippen LogP contribution in [0, 0.1) is 10.1 Å². The molecule has 0 saturated heterocycles. The van der Waals surface area contributed by atoms with Gasteiger partial charge >= 0.3 is 0 Å². The SMILES string of the molecule is Cn1cccc(-c2cccc(CN3Cc4c(cccc4[N+](=O)[O-])C3=O)c2)c1=O. The lowest BCUT2D eigenvalue weighted by Gasteiger charge is -2.16. The molecule has 0 radical (unpaired) electrons. The minimum absolute atomic E-state index is 0.0325. The Kier molecular flexibility index (Phi) is 4.27. The van der Waals surface area contributed by atoms with Crippen molar-refractivity contribution in [3.63, 3.8) is 0 Å². The molecule has 4 rings (SSSR count). The van der Waals surface area contributed by atoms with E-state index in [1.165, 1.54) is 16.7 Å². The number of pyridine rings is 1. The summed E-state index contributed by atoms with van der Waals surface area (Å²) < 4.78 is 1.52. The maximum atomic E-state index is 12.7. The highest BCUT2D eigenvalue weighted by atomic mass is 16.6. The first-order chi connectivity index (χ1) is 13.5. The van der Waals surface area contributed by atoms with Gasteiger partial charge in [0.15, 0.2) is 0 Å². The lowest BCUT2D eigenvalue weighted by molar-refractivity contribution is -0.385. The van der Waals surface area contributed by atoms with Gasteiger partial charge in [0.1, 0.15) is 0 Å². The summed E-state index contributed by atoms with van der Waals surface area (Å²) in [7, 11) is 1.70. The predicted molar refractivity (Wildman–Crippen MR) is 104 cm³/mol. The van der Waals surface area contributed by atoms with Gasteiger partial charge in [-0.15, -0.1) is 0 Å². The number of nitro benzene ring substituents is 1. The van der Waals surface area contributed by atoms with E-state index in [4.69, 9.17) is 0 Å². The van der Waals surface area contributed by atoms with Gasteiger partial charge in [0, 0.05) is 31.4 Å². The van der Waals surface area contributed by atoms with Gasteiger partial charge in [0.2, 0.25) is 0 Å². The second-order valence-electron chi connectivity index (χ2n) is 6.76. The van der Waals surface area contributed by atoms with Crippen LogP contribution in [0.3, 0.4) is 0 Å². The normalized spacial score (nSPS) is 12.9. The Hall–Kier alpha value is -3.74. The number of fused-ring (bicyclic) bond motifs is 1. The van der Waals surface area contributed by atoms with Gasteiger partial charge in [-0.1, -0.05) is 24.3 Å². The fourth-order valence-corrected chi connectivity index (χ4v) is 3.55. The summed E-state index contributed by atoms with van der Waals surface area (Å²) in [6.07, 6.45) is 1.70. The van der Waals surface area contributed by atoms with Crippen molar-refractivity contribution in [2.75, 3.05) is 0 Å². The van der Waals surface area contributed by atoms with Crippen molar-refractivity contribution < 1.29 is 9.72 Å². The summed E-state index contributed by atoms with van der Waals surface area (Å²) in [6, 6.07) is 15.6. The molecule has 1 amide bonds. The lowest BCUT2D eigenvalue weighted by atomic mass is 10.0. The average Bonchev–Trinajstić information content (AvgIpc) is 3.00. The highest BCUT2D eigenvalue weighted by Gasteiger charge is 2.32. The summed E-state index contributed by atoms with van der Waals surface area (Å²) in [5, 5.41) is 11.2. The number of amides is 1. The molecule has 0 N–H and O–H groups in total. The third-order valence-corrected chi connectivity index (χ3v) is 4.95. The molecule has 7 heteroatoms. The van der Waals surface area contributed by atoms with Crippen LogP contribution in [0.1, 0.15) is 21.5 Å². The lowest BCUT2D eigenvalue weighted by Crippen LogP contribution is -2.23. The zero-order chi connectivity index (χ0) is 19.8. The highest BCUT2D eigenvalue weighted by Crippen LogP contribution is 2.31. The van der Waals surface area contributed by atoms with Gasteiger partial charge in [-0.05, 0) is 35.4 Å². The second-order valence-corrected chi connectivity index (χ2v) is 6.76. The minimum atomic E-state index is -0.457. The van der Waals surface area contributed by atoms with E-state index in [1.54, 1.807) is 30.3 Å². The van der Waals surface area contributed by atoms with Crippen molar-refractivity contribution in [3.05, 3.63) is 98.0 Å². The van der Waals surface area contributed by atoms with Crippen LogP contribution in [0.5, 0.6) is 0 Å². The third kappa shape index (κ3) is 2.96. The van der Waals surface area contributed by atoms with Gasteiger partial charge in [0.25, 0.3) is 17.2 Å². The molecule has 0 spiro atoms. The average molecular weight is 375 g/mol. The number of carbonyl (C=O) groups is 1. The molecule has 1 aliphatic heterocycles. The molecule has 0 aliphatic carbocycles. The predicted octanol–water partition coefficient (Wildman–Crippen LogP) is 3.12. The maximum absolute atomic E-state index is 12.7. The quantitative estimate of drug-likeness (QED) is 0.518. The summed E-state index contributed by atoms with van der Waals surface area (Å²) in [5.41, 5.74) is 2.90. The van der Waals surface area contributed by atoms with E-state index in [9.17, 15) is 19.7 Å². The van der Waals surface area contributed by atoms with E-state index in [0.29, 0.717) is 23.2 Å². The molecule has 0 bridgehead atoms. The molecule has 2 heterocycles. The molecule has 0 unspecified atom stereocenters. The zero-order valence-electron chi connectivity index (χ0n) is 15.2. The van der Waals surface area contributed by atoms with Crippen LogP contribution in [0.4, 0.5) is 5.69 Å². The first kappa shape index (κ1) is 17.7. The Labute approximate surface area is 160 Å². The standard InChI is InChI=1S/C21H17N3O4/c1-22-10-4-8-16(20(22)25)15-6-2-5-14(11-15)12-23-13-18-17(21(23)26)7-3-9-19(18)24(27)28/h2-11H,12-13H2,1H3. The van der Waals surface area contributed by atoms with Crippen LogP contribution in [0.15, 0.2) is 65.6 Å². The molecule has 3 aromatic rings.